The van der Waals surface area contributed by atoms with Crippen LogP contribution in [0.4, 0.5) is 0 Å². The zero-order chi connectivity index (χ0) is 13.0. The van der Waals surface area contributed by atoms with Crippen molar-refractivity contribution >= 4 is 5.97 Å². The standard InChI is InChI=1S/C14H19NO3/c1-17-14(16)8-12(15)9-18-13-6-5-10-3-2-4-11(10)7-13/h5-7,12H,2-4,8-9,15H2,1H3. The average Bonchev–Trinajstić information content (AvgIpc) is 2.83. The van der Waals surface area contributed by atoms with Gasteiger partial charge in [-0.15, -0.1) is 0 Å². The van der Waals surface area contributed by atoms with Crippen molar-refractivity contribution in [2.75, 3.05) is 13.7 Å². The third-order valence-corrected chi connectivity index (χ3v) is 3.19. The number of methoxy groups -OCH3 is 1. The van der Waals surface area contributed by atoms with Crippen LogP contribution in [0.25, 0.3) is 0 Å². The van der Waals surface area contributed by atoms with Crippen LogP contribution in [-0.4, -0.2) is 25.7 Å². The molecular formula is C14H19NO3. The Morgan fingerprint density at radius 3 is 2.94 bits per heavy atom. The summed E-state index contributed by atoms with van der Waals surface area (Å²) in [6.45, 7) is 0.327. The van der Waals surface area contributed by atoms with Crippen molar-refractivity contribution in [1.29, 1.82) is 0 Å². The number of hydrogen-bond acceptors (Lipinski definition) is 4. The number of fused-ring (bicyclic) bond motifs is 1. The van der Waals surface area contributed by atoms with Crippen LogP contribution in [0.3, 0.4) is 0 Å². The van der Waals surface area contributed by atoms with Crippen LogP contribution in [0.5, 0.6) is 5.75 Å². The van der Waals surface area contributed by atoms with E-state index < -0.39 is 0 Å². The van der Waals surface area contributed by atoms with Gasteiger partial charge >= 0.3 is 5.97 Å². The lowest BCUT2D eigenvalue weighted by atomic mass is 10.1. The fourth-order valence-corrected chi connectivity index (χ4v) is 2.20. The molecule has 1 aromatic carbocycles. The second-order valence-corrected chi connectivity index (χ2v) is 4.64. The highest BCUT2D eigenvalue weighted by Gasteiger charge is 2.13. The lowest BCUT2D eigenvalue weighted by Gasteiger charge is -2.12. The van der Waals surface area contributed by atoms with E-state index in [1.54, 1.807) is 0 Å². The molecule has 1 unspecified atom stereocenters. The summed E-state index contributed by atoms with van der Waals surface area (Å²) in [5, 5.41) is 0. The second kappa shape index (κ2) is 5.87. The van der Waals surface area contributed by atoms with Gasteiger partial charge in [-0.1, -0.05) is 6.07 Å². The van der Waals surface area contributed by atoms with Crippen molar-refractivity contribution in [2.45, 2.75) is 31.7 Å². The maximum Gasteiger partial charge on any atom is 0.307 e. The van der Waals surface area contributed by atoms with Gasteiger partial charge in [-0.25, -0.2) is 0 Å². The van der Waals surface area contributed by atoms with Gasteiger partial charge in [0.1, 0.15) is 12.4 Å². The third kappa shape index (κ3) is 3.23. The summed E-state index contributed by atoms with van der Waals surface area (Å²) in [7, 11) is 1.36. The Hall–Kier alpha value is -1.55. The molecule has 0 heterocycles. The van der Waals surface area contributed by atoms with Gasteiger partial charge in [0.15, 0.2) is 0 Å². The number of carbonyl (C=O) groups excluding carboxylic acids is 1. The minimum atomic E-state index is -0.328. The fraction of sp³-hybridized carbons (Fsp3) is 0.500. The molecule has 0 aliphatic heterocycles. The maximum absolute atomic E-state index is 11.0. The van der Waals surface area contributed by atoms with Crippen LogP contribution >= 0.6 is 0 Å². The molecule has 98 valence electrons. The molecule has 0 radical (unpaired) electrons. The Bertz CT molecular complexity index is 431. The van der Waals surface area contributed by atoms with E-state index in [2.05, 4.69) is 16.9 Å². The predicted octanol–water partition coefficient (Wildman–Crippen LogP) is 1.44. The first-order valence-electron chi connectivity index (χ1n) is 6.26. The first-order chi connectivity index (χ1) is 8.69. The highest BCUT2D eigenvalue weighted by molar-refractivity contribution is 5.69. The van der Waals surface area contributed by atoms with Crippen LogP contribution < -0.4 is 10.5 Å². The van der Waals surface area contributed by atoms with Crippen LogP contribution in [0.1, 0.15) is 24.0 Å². The summed E-state index contributed by atoms with van der Waals surface area (Å²) in [6, 6.07) is 5.83. The number of benzene rings is 1. The highest BCUT2D eigenvalue weighted by Crippen LogP contribution is 2.26. The number of esters is 1. The topological polar surface area (TPSA) is 61.5 Å². The van der Waals surface area contributed by atoms with Crippen molar-refractivity contribution in [1.82, 2.24) is 0 Å². The summed E-state index contributed by atoms with van der Waals surface area (Å²) >= 11 is 0. The largest absolute Gasteiger partial charge is 0.492 e. The first kappa shape index (κ1) is 12.9. The van der Waals surface area contributed by atoms with Crippen molar-refractivity contribution in [3.63, 3.8) is 0 Å². The summed E-state index contributed by atoms with van der Waals surface area (Å²) in [5.41, 5.74) is 8.57. The number of carbonyl (C=O) groups is 1. The van der Waals surface area contributed by atoms with E-state index in [0.717, 1.165) is 18.6 Å². The molecule has 1 aliphatic carbocycles. The van der Waals surface area contributed by atoms with Crippen LogP contribution in [0.15, 0.2) is 18.2 Å². The molecule has 1 aromatic rings. The molecule has 0 spiro atoms. The normalized spacial score (nSPS) is 15.0. The van der Waals surface area contributed by atoms with E-state index in [1.807, 2.05) is 6.07 Å². The Morgan fingerprint density at radius 2 is 2.17 bits per heavy atom. The van der Waals surface area contributed by atoms with E-state index in [-0.39, 0.29) is 18.4 Å². The van der Waals surface area contributed by atoms with Crippen LogP contribution in [-0.2, 0) is 22.4 Å². The van der Waals surface area contributed by atoms with Gasteiger partial charge in [0.2, 0.25) is 0 Å². The van der Waals surface area contributed by atoms with Crippen molar-refractivity contribution in [2.24, 2.45) is 5.73 Å². The molecule has 18 heavy (non-hydrogen) atoms. The molecule has 4 nitrogen and oxygen atoms in total. The van der Waals surface area contributed by atoms with Crippen LogP contribution in [0, 0.1) is 0 Å². The number of hydrogen-bond donors (Lipinski definition) is 1. The Balaban J connectivity index is 1.85. The Morgan fingerprint density at radius 1 is 1.39 bits per heavy atom. The Labute approximate surface area is 107 Å². The number of aryl methyl sites for hydroxylation is 2. The smallest absolute Gasteiger partial charge is 0.307 e. The van der Waals surface area contributed by atoms with Gasteiger partial charge in [0.25, 0.3) is 0 Å². The summed E-state index contributed by atoms with van der Waals surface area (Å²) in [5.74, 6) is 0.524. The number of rotatable bonds is 5. The van der Waals surface area contributed by atoms with Crippen molar-refractivity contribution in [3.8, 4) is 5.75 Å². The maximum atomic E-state index is 11.0. The zero-order valence-electron chi connectivity index (χ0n) is 10.6. The SMILES string of the molecule is COC(=O)CC(N)COc1ccc2c(c1)CCC2. The van der Waals surface area contributed by atoms with Gasteiger partial charge in [-0.05, 0) is 42.5 Å². The van der Waals surface area contributed by atoms with E-state index in [9.17, 15) is 4.79 Å². The molecule has 0 bridgehead atoms. The molecule has 4 heteroatoms. The molecule has 0 amide bonds. The van der Waals surface area contributed by atoms with Gasteiger partial charge < -0.3 is 15.2 Å². The van der Waals surface area contributed by atoms with Gasteiger partial charge in [0.05, 0.1) is 13.5 Å². The highest BCUT2D eigenvalue weighted by atomic mass is 16.5. The second-order valence-electron chi connectivity index (χ2n) is 4.64. The molecule has 1 atom stereocenters. The zero-order valence-corrected chi connectivity index (χ0v) is 10.6. The van der Waals surface area contributed by atoms with Crippen molar-refractivity contribution < 1.29 is 14.3 Å². The molecule has 2 N–H and O–H groups in total. The summed E-state index contributed by atoms with van der Waals surface area (Å²) in [6.07, 6.45) is 3.69. The van der Waals surface area contributed by atoms with Gasteiger partial charge in [-0.2, -0.15) is 0 Å². The molecular weight excluding hydrogens is 230 g/mol. The summed E-state index contributed by atoms with van der Waals surface area (Å²) < 4.78 is 10.2. The molecule has 0 aromatic heterocycles. The first-order valence-corrected chi connectivity index (χ1v) is 6.26. The average molecular weight is 249 g/mol. The Kier molecular flexibility index (Phi) is 4.20. The molecule has 0 saturated carbocycles. The fourth-order valence-electron chi connectivity index (χ4n) is 2.20. The molecule has 1 aliphatic rings. The molecule has 2 rings (SSSR count). The minimum absolute atomic E-state index is 0.182. The lowest BCUT2D eigenvalue weighted by molar-refractivity contribution is -0.141. The monoisotopic (exact) mass is 249 g/mol. The van der Waals surface area contributed by atoms with E-state index in [1.165, 1.54) is 24.7 Å². The molecule has 0 saturated heterocycles. The van der Waals surface area contributed by atoms with E-state index in [4.69, 9.17) is 10.5 Å². The molecule has 0 fully saturated rings. The van der Waals surface area contributed by atoms with E-state index >= 15 is 0 Å². The van der Waals surface area contributed by atoms with Crippen LogP contribution in [0.2, 0.25) is 0 Å². The van der Waals surface area contributed by atoms with Gasteiger partial charge in [0, 0.05) is 6.04 Å². The minimum Gasteiger partial charge on any atom is -0.492 e. The van der Waals surface area contributed by atoms with Gasteiger partial charge in [-0.3, -0.25) is 4.79 Å². The van der Waals surface area contributed by atoms with E-state index in [0.29, 0.717) is 6.61 Å². The third-order valence-electron chi connectivity index (χ3n) is 3.19. The number of nitrogens with two attached hydrogens (primary N) is 1. The lowest BCUT2D eigenvalue weighted by Crippen LogP contribution is -2.30. The predicted molar refractivity (Wildman–Crippen MR) is 68.6 cm³/mol. The quantitative estimate of drug-likeness (QED) is 0.802. The van der Waals surface area contributed by atoms with Crippen molar-refractivity contribution in [3.05, 3.63) is 29.3 Å². The number of ether oxygens (including phenoxy) is 2. The summed E-state index contributed by atoms with van der Waals surface area (Å²) in [4.78, 5) is 11.0.